The minimum absolute atomic E-state index is 0.326. The van der Waals surface area contributed by atoms with Gasteiger partial charge in [-0.3, -0.25) is 0 Å². The molecule has 3 nitrogen and oxygen atoms in total. The summed E-state index contributed by atoms with van der Waals surface area (Å²) < 4.78 is 39.2. The van der Waals surface area contributed by atoms with Crippen LogP contribution in [0.1, 0.15) is 18.6 Å². The van der Waals surface area contributed by atoms with E-state index in [-0.39, 0.29) is 5.75 Å². The van der Waals surface area contributed by atoms with E-state index in [0.717, 1.165) is 12.1 Å². The van der Waals surface area contributed by atoms with E-state index in [2.05, 4.69) is 4.74 Å². The Balaban J connectivity index is 2.76. The van der Waals surface area contributed by atoms with Crippen molar-refractivity contribution in [1.82, 2.24) is 0 Å². The second-order valence-corrected chi connectivity index (χ2v) is 3.42. The quantitative estimate of drug-likeness (QED) is 0.842. The van der Waals surface area contributed by atoms with Crippen molar-refractivity contribution >= 4 is 0 Å². The smallest absolute Gasteiger partial charge is 0.406 e. The van der Waals surface area contributed by atoms with Gasteiger partial charge in [0.15, 0.2) is 0 Å². The average Bonchev–Trinajstić information content (AvgIpc) is 2.15. The van der Waals surface area contributed by atoms with Crippen LogP contribution in [0.2, 0.25) is 0 Å². The number of benzene rings is 1. The number of halogens is 3. The molecule has 90 valence electrons. The Kier molecular flexibility index (Phi) is 3.77. The third kappa shape index (κ3) is 3.71. The van der Waals surface area contributed by atoms with Crippen LogP contribution < -0.4 is 10.5 Å². The van der Waals surface area contributed by atoms with Crippen molar-refractivity contribution in [3.05, 3.63) is 29.8 Å². The summed E-state index contributed by atoms with van der Waals surface area (Å²) in [6.45, 7) is 1.60. The molecule has 0 amide bonds. The molecule has 1 aromatic carbocycles. The fourth-order valence-corrected chi connectivity index (χ4v) is 1.17. The molecule has 0 aliphatic rings. The van der Waals surface area contributed by atoms with E-state index in [1.165, 1.54) is 12.1 Å². The van der Waals surface area contributed by atoms with Gasteiger partial charge in [-0.25, -0.2) is 0 Å². The summed E-state index contributed by atoms with van der Waals surface area (Å²) >= 11 is 0. The number of ether oxygens (including phenoxy) is 1. The molecule has 0 aliphatic carbocycles. The first kappa shape index (κ1) is 12.8. The van der Waals surface area contributed by atoms with Gasteiger partial charge in [-0.2, -0.15) is 0 Å². The lowest BCUT2D eigenvalue weighted by Crippen LogP contribution is -2.24. The minimum Gasteiger partial charge on any atom is -0.406 e. The summed E-state index contributed by atoms with van der Waals surface area (Å²) in [6, 6.07) is 4.46. The summed E-state index contributed by atoms with van der Waals surface area (Å²) in [4.78, 5) is 0. The van der Waals surface area contributed by atoms with Crippen molar-refractivity contribution in [2.75, 3.05) is 0 Å². The monoisotopic (exact) mass is 235 g/mol. The SMILES string of the molecule is CC(N)C(O)c1ccc(OC(F)(F)F)cc1. The molecule has 0 heterocycles. The standard InChI is InChI=1S/C10H12F3NO2/c1-6(14)9(15)7-2-4-8(5-3-7)16-10(11,12)13/h2-6,9,15H,14H2,1H3. The first-order valence-corrected chi connectivity index (χ1v) is 4.59. The second-order valence-electron chi connectivity index (χ2n) is 3.42. The molecule has 0 fully saturated rings. The van der Waals surface area contributed by atoms with E-state index in [1.54, 1.807) is 6.92 Å². The highest BCUT2D eigenvalue weighted by Gasteiger charge is 2.31. The molecule has 2 atom stereocenters. The second kappa shape index (κ2) is 4.71. The molecule has 6 heteroatoms. The molecule has 1 rings (SSSR count). The lowest BCUT2D eigenvalue weighted by molar-refractivity contribution is -0.274. The van der Waals surface area contributed by atoms with Gasteiger partial charge >= 0.3 is 6.36 Å². The summed E-state index contributed by atoms with van der Waals surface area (Å²) in [6.07, 6.45) is -5.61. The van der Waals surface area contributed by atoms with Gasteiger partial charge in [0.05, 0.1) is 6.10 Å². The van der Waals surface area contributed by atoms with E-state index in [1.807, 2.05) is 0 Å². The van der Waals surface area contributed by atoms with Crippen LogP contribution in [0.15, 0.2) is 24.3 Å². The van der Waals surface area contributed by atoms with E-state index >= 15 is 0 Å². The Morgan fingerprint density at radius 2 is 1.75 bits per heavy atom. The molecular formula is C10H12F3NO2. The van der Waals surface area contributed by atoms with E-state index in [9.17, 15) is 18.3 Å². The topological polar surface area (TPSA) is 55.5 Å². The number of alkyl halides is 3. The van der Waals surface area contributed by atoms with Crippen molar-refractivity contribution in [1.29, 1.82) is 0 Å². The van der Waals surface area contributed by atoms with Gasteiger partial charge in [0, 0.05) is 6.04 Å². The molecule has 3 N–H and O–H groups in total. The average molecular weight is 235 g/mol. The van der Waals surface area contributed by atoms with Crippen LogP contribution in [0.3, 0.4) is 0 Å². The molecular weight excluding hydrogens is 223 g/mol. The zero-order valence-corrected chi connectivity index (χ0v) is 8.53. The number of hydrogen-bond acceptors (Lipinski definition) is 3. The molecule has 1 aromatic rings. The van der Waals surface area contributed by atoms with Gasteiger partial charge in [0.25, 0.3) is 0 Å². The van der Waals surface area contributed by atoms with Crippen LogP contribution in [-0.4, -0.2) is 17.5 Å². The lowest BCUT2D eigenvalue weighted by Gasteiger charge is -2.15. The van der Waals surface area contributed by atoms with Crippen LogP contribution in [0, 0.1) is 0 Å². The molecule has 0 aromatic heterocycles. The summed E-state index contributed by atoms with van der Waals surface area (Å²) in [7, 11) is 0. The van der Waals surface area contributed by atoms with Crippen molar-refractivity contribution in [2.45, 2.75) is 25.4 Å². The Bertz CT molecular complexity index is 335. The maximum absolute atomic E-state index is 11.8. The van der Waals surface area contributed by atoms with Crippen LogP contribution >= 0.6 is 0 Å². The third-order valence-corrected chi connectivity index (χ3v) is 1.95. The van der Waals surface area contributed by atoms with Gasteiger partial charge in [-0.15, -0.1) is 13.2 Å². The molecule has 2 unspecified atom stereocenters. The molecule has 0 bridgehead atoms. The lowest BCUT2D eigenvalue weighted by atomic mass is 10.0. The number of rotatable bonds is 3. The summed E-state index contributed by atoms with van der Waals surface area (Å²) in [5, 5.41) is 9.53. The van der Waals surface area contributed by atoms with Crippen molar-refractivity contribution < 1.29 is 23.0 Å². The van der Waals surface area contributed by atoms with Gasteiger partial charge in [0.2, 0.25) is 0 Å². The molecule has 0 spiro atoms. The zero-order chi connectivity index (χ0) is 12.3. The number of nitrogens with two attached hydrogens (primary N) is 1. The van der Waals surface area contributed by atoms with Crippen molar-refractivity contribution in [2.24, 2.45) is 5.73 Å². The predicted octanol–water partition coefficient (Wildman–Crippen LogP) is 1.97. The number of aliphatic hydroxyl groups excluding tert-OH is 1. The molecule has 0 radical (unpaired) electrons. The molecule has 0 saturated heterocycles. The van der Waals surface area contributed by atoms with E-state index in [4.69, 9.17) is 5.73 Å². The maximum Gasteiger partial charge on any atom is 0.573 e. The highest BCUT2D eigenvalue weighted by atomic mass is 19.4. The fourth-order valence-electron chi connectivity index (χ4n) is 1.17. The van der Waals surface area contributed by atoms with Crippen molar-refractivity contribution in [3.8, 4) is 5.75 Å². The molecule has 0 saturated carbocycles. The van der Waals surface area contributed by atoms with E-state index in [0.29, 0.717) is 5.56 Å². The van der Waals surface area contributed by atoms with Crippen LogP contribution in [-0.2, 0) is 0 Å². The minimum atomic E-state index is -4.71. The fraction of sp³-hybridized carbons (Fsp3) is 0.400. The number of hydrogen-bond donors (Lipinski definition) is 2. The Morgan fingerprint density at radius 3 is 2.12 bits per heavy atom. The Morgan fingerprint density at radius 1 is 1.25 bits per heavy atom. The normalized spacial score (nSPS) is 15.6. The zero-order valence-electron chi connectivity index (χ0n) is 8.53. The highest BCUT2D eigenvalue weighted by molar-refractivity contribution is 5.29. The van der Waals surface area contributed by atoms with Gasteiger partial charge in [-0.05, 0) is 24.6 Å². The van der Waals surface area contributed by atoms with Gasteiger partial charge in [-0.1, -0.05) is 12.1 Å². The first-order valence-electron chi connectivity index (χ1n) is 4.59. The largest absolute Gasteiger partial charge is 0.573 e. The maximum atomic E-state index is 11.8. The Hall–Kier alpha value is -1.27. The molecule has 16 heavy (non-hydrogen) atoms. The van der Waals surface area contributed by atoms with E-state index < -0.39 is 18.5 Å². The van der Waals surface area contributed by atoms with Crippen LogP contribution in [0.25, 0.3) is 0 Å². The Labute approximate surface area is 90.6 Å². The highest BCUT2D eigenvalue weighted by Crippen LogP contribution is 2.24. The van der Waals surface area contributed by atoms with Crippen molar-refractivity contribution in [3.63, 3.8) is 0 Å². The first-order chi connectivity index (χ1) is 7.29. The summed E-state index contributed by atoms with van der Waals surface area (Å²) in [5.41, 5.74) is 5.90. The van der Waals surface area contributed by atoms with Crippen LogP contribution in [0.4, 0.5) is 13.2 Å². The summed E-state index contributed by atoms with van der Waals surface area (Å²) in [5.74, 6) is -0.326. The van der Waals surface area contributed by atoms with Gasteiger partial charge < -0.3 is 15.6 Å². The third-order valence-electron chi connectivity index (χ3n) is 1.95. The molecule has 0 aliphatic heterocycles. The van der Waals surface area contributed by atoms with Gasteiger partial charge in [0.1, 0.15) is 5.75 Å². The van der Waals surface area contributed by atoms with Crippen LogP contribution in [0.5, 0.6) is 5.75 Å². The predicted molar refractivity (Wildman–Crippen MR) is 51.7 cm³/mol. The number of aliphatic hydroxyl groups is 1.